The number of nitrogens with zero attached hydrogens (tertiary/aromatic N) is 3. The summed E-state index contributed by atoms with van der Waals surface area (Å²) in [5.41, 5.74) is 11.0. The van der Waals surface area contributed by atoms with Crippen LogP contribution < -0.4 is 9.80 Å². The Morgan fingerprint density at radius 1 is 0.882 bits per heavy atom. The van der Waals surface area contributed by atoms with E-state index in [0.29, 0.717) is 5.75 Å². The zero-order valence-electron chi connectivity index (χ0n) is 18.7. The summed E-state index contributed by atoms with van der Waals surface area (Å²) in [4.78, 5) is 35.4. The van der Waals surface area contributed by atoms with Gasteiger partial charge in [0.15, 0.2) is 0 Å². The number of hydrogen-bond donors (Lipinski definition) is 0. The Morgan fingerprint density at radius 2 is 1.50 bits per heavy atom. The van der Waals surface area contributed by atoms with Gasteiger partial charge in [-0.3, -0.25) is 9.63 Å². The van der Waals surface area contributed by atoms with Gasteiger partial charge in [0.2, 0.25) is 0 Å². The molecule has 1 aliphatic heterocycles. The molecule has 0 saturated carbocycles. The highest BCUT2D eigenvalue weighted by molar-refractivity contribution is 6.62. The molecule has 1 saturated heterocycles. The molecule has 3 aromatic rings. The molecule has 0 unspecified atom stereocenters. The summed E-state index contributed by atoms with van der Waals surface area (Å²) in [5.74, 6) is -1.99. The highest BCUT2D eigenvalue weighted by Gasteiger charge is 2.53. The number of Topliss-reactive ketones (excluding diaryl/α,β-unsaturated/α-hetero) is 1. The Balaban J connectivity index is 1.90. The van der Waals surface area contributed by atoms with E-state index in [0.717, 1.165) is 23.9 Å². The molecule has 0 radical (unpaired) electrons. The van der Waals surface area contributed by atoms with Crippen molar-refractivity contribution in [1.82, 2.24) is 0 Å². The lowest BCUT2D eigenvalue weighted by atomic mass is 9.81. The lowest BCUT2D eigenvalue weighted by molar-refractivity contribution is -0.140. The van der Waals surface area contributed by atoms with Crippen molar-refractivity contribution in [3.8, 4) is 5.75 Å². The molecule has 0 aliphatic carbocycles. The summed E-state index contributed by atoms with van der Waals surface area (Å²) < 4.78 is 9.97. The number of ketones is 1. The van der Waals surface area contributed by atoms with Crippen molar-refractivity contribution in [3.05, 3.63) is 102 Å². The third-order valence-electron chi connectivity index (χ3n) is 5.76. The SMILES string of the molecule is COC(=O)C(=[N+]=[N-])C(=O)[C@@H]1[C@@H](c2ccccc2)ON(c2ccccc2)[C@H]1c1ccc(OC)cc1. The van der Waals surface area contributed by atoms with Gasteiger partial charge in [-0.05, 0) is 35.4 Å². The molecule has 8 nitrogen and oxygen atoms in total. The van der Waals surface area contributed by atoms with Crippen molar-refractivity contribution in [3.63, 3.8) is 0 Å². The van der Waals surface area contributed by atoms with E-state index < -0.39 is 35.5 Å². The average Bonchev–Trinajstić information content (AvgIpc) is 3.30. The third kappa shape index (κ3) is 4.32. The van der Waals surface area contributed by atoms with Crippen LogP contribution in [0.4, 0.5) is 5.69 Å². The Kier molecular flexibility index (Phi) is 6.82. The first-order chi connectivity index (χ1) is 16.6. The number of rotatable bonds is 7. The molecule has 4 rings (SSSR count). The van der Waals surface area contributed by atoms with Crippen LogP contribution in [-0.4, -0.2) is 36.5 Å². The van der Waals surface area contributed by atoms with E-state index in [9.17, 15) is 15.1 Å². The maximum atomic E-state index is 13.7. The van der Waals surface area contributed by atoms with Crippen LogP contribution in [-0.2, 0) is 19.2 Å². The molecule has 0 bridgehead atoms. The highest BCUT2D eigenvalue weighted by atomic mass is 16.7. The standard InChI is InChI=1S/C26H23N3O5/c1-32-20-15-13-17(14-16-20)23-21(24(30)22(28-27)26(31)33-2)25(18-9-5-3-6-10-18)34-29(23)19-11-7-4-8-12-19/h3-16,21,23,25H,1-2H3/t21-,23+,25-/m1/s1. The predicted molar refractivity (Wildman–Crippen MR) is 124 cm³/mol. The Bertz CT molecular complexity index is 1210. The van der Waals surface area contributed by atoms with Crippen LogP contribution in [0.25, 0.3) is 5.53 Å². The van der Waals surface area contributed by atoms with E-state index in [1.165, 1.54) is 0 Å². The van der Waals surface area contributed by atoms with Gasteiger partial charge in [0, 0.05) is 0 Å². The largest absolute Gasteiger partial charge is 0.497 e. The van der Waals surface area contributed by atoms with Crippen molar-refractivity contribution in [2.75, 3.05) is 19.3 Å². The molecule has 3 atom stereocenters. The molecule has 0 aromatic heterocycles. The number of carbonyl (C=O) groups excluding carboxylic acids is 2. The number of carbonyl (C=O) groups is 2. The molecular weight excluding hydrogens is 434 g/mol. The molecule has 34 heavy (non-hydrogen) atoms. The maximum Gasteiger partial charge on any atom is 0.441 e. The van der Waals surface area contributed by atoms with Crippen LogP contribution in [0.2, 0.25) is 0 Å². The van der Waals surface area contributed by atoms with E-state index in [4.69, 9.17) is 9.57 Å². The lowest BCUT2D eigenvalue weighted by Gasteiger charge is -2.26. The first-order valence-corrected chi connectivity index (χ1v) is 10.6. The second-order valence-electron chi connectivity index (χ2n) is 7.65. The molecule has 3 aromatic carbocycles. The van der Waals surface area contributed by atoms with E-state index in [1.807, 2.05) is 72.8 Å². The van der Waals surface area contributed by atoms with Gasteiger partial charge in [-0.2, -0.15) is 4.79 Å². The van der Waals surface area contributed by atoms with Gasteiger partial charge in [0.1, 0.15) is 11.9 Å². The maximum absolute atomic E-state index is 13.7. The number of benzene rings is 3. The van der Waals surface area contributed by atoms with Crippen molar-refractivity contribution >= 4 is 23.2 Å². The van der Waals surface area contributed by atoms with Gasteiger partial charge in [0.25, 0.3) is 5.78 Å². The Morgan fingerprint density at radius 3 is 2.06 bits per heavy atom. The van der Waals surface area contributed by atoms with E-state index in [2.05, 4.69) is 9.53 Å². The van der Waals surface area contributed by atoms with Gasteiger partial charge < -0.3 is 15.0 Å². The minimum Gasteiger partial charge on any atom is -0.497 e. The minimum atomic E-state index is -1.02. The summed E-state index contributed by atoms with van der Waals surface area (Å²) in [5, 5.41) is 1.66. The van der Waals surface area contributed by atoms with E-state index in [1.54, 1.807) is 24.3 Å². The van der Waals surface area contributed by atoms with Crippen molar-refractivity contribution < 1.29 is 28.7 Å². The van der Waals surface area contributed by atoms with Gasteiger partial charge in [0.05, 0.1) is 31.9 Å². The first-order valence-electron chi connectivity index (χ1n) is 10.6. The van der Waals surface area contributed by atoms with Crippen LogP contribution in [0.3, 0.4) is 0 Å². The summed E-state index contributed by atoms with van der Waals surface area (Å²) in [7, 11) is 2.69. The van der Waals surface area contributed by atoms with E-state index in [-0.39, 0.29) is 0 Å². The molecule has 8 heteroatoms. The molecule has 1 fully saturated rings. The molecule has 0 spiro atoms. The highest BCUT2D eigenvalue weighted by Crippen LogP contribution is 2.49. The van der Waals surface area contributed by atoms with Crippen LogP contribution >= 0.6 is 0 Å². The fourth-order valence-electron chi connectivity index (χ4n) is 4.14. The Hall–Kier alpha value is -4.26. The zero-order chi connectivity index (χ0) is 24.1. The van der Waals surface area contributed by atoms with Crippen LogP contribution in [0, 0.1) is 5.92 Å². The van der Waals surface area contributed by atoms with Crippen molar-refractivity contribution in [2.45, 2.75) is 12.1 Å². The van der Waals surface area contributed by atoms with E-state index >= 15 is 0 Å². The minimum absolute atomic E-state index is 0.646. The predicted octanol–water partition coefficient (Wildman–Crippen LogP) is 3.96. The molecule has 0 N–H and O–H groups in total. The second kappa shape index (κ2) is 10.1. The second-order valence-corrected chi connectivity index (χ2v) is 7.65. The molecule has 172 valence electrons. The zero-order valence-corrected chi connectivity index (χ0v) is 18.7. The molecule has 1 heterocycles. The number of ether oxygens (including phenoxy) is 2. The van der Waals surface area contributed by atoms with Gasteiger partial charge in [-0.1, -0.05) is 60.7 Å². The lowest BCUT2D eigenvalue weighted by Crippen LogP contribution is -2.37. The quantitative estimate of drug-likeness (QED) is 0.175. The topological polar surface area (TPSA) is 101 Å². The fraction of sp³-hybridized carbons (Fsp3) is 0.192. The number of methoxy groups -OCH3 is 2. The van der Waals surface area contributed by atoms with Crippen LogP contribution in [0.1, 0.15) is 23.3 Å². The number of para-hydroxylation sites is 1. The van der Waals surface area contributed by atoms with Crippen LogP contribution in [0.5, 0.6) is 5.75 Å². The molecule has 1 aliphatic rings. The summed E-state index contributed by atoms with van der Waals surface area (Å²) in [6, 6.07) is 25.2. The average molecular weight is 457 g/mol. The van der Waals surface area contributed by atoms with Crippen LogP contribution in [0.15, 0.2) is 84.9 Å². The number of anilines is 1. The molecule has 0 amide bonds. The fourth-order valence-corrected chi connectivity index (χ4v) is 4.14. The normalized spacial score (nSPS) is 19.2. The van der Waals surface area contributed by atoms with Gasteiger partial charge in [-0.15, -0.1) is 0 Å². The summed E-state index contributed by atoms with van der Waals surface area (Å²) in [6.45, 7) is 0. The van der Waals surface area contributed by atoms with Crippen molar-refractivity contribution in [1.29, 1.82) is 0 Å². The monoisotopic (exact) mass is 457 g/mol. The number of hydrogen-bond acceptors (Lipinski definition) is 6. The smallest absolute Gasteiger partial charge is 0.441 e. The third-order valence-corrected chi connectivity index (χ3v) is 5.76. The summed E-state index contributed by atoms with van der Waals surface area (Å²) in [6.07, 6.45) is -0.762. The number of esters is 1. The molecular formula is C26H23N3O5. The van der Waals surface area contributed by atoms with Gasteiger partial charge >= 0.3 is 11.7 Å². The number of hydroxylamine groups is 1. The first kappa shape index (κ1) is 22.9. The Labute approximate surface area is 196 Å². The van der Waals surface area contributed by atoms with Gasteiger partial charge in [-0.25, -0.2) is 9.86 Å². The van der Waals surface area contributed by atoms with Crippen molar-refractivity contribution in [2.24, 2.45) is 5.92 Å². The summed E-state index contributed by atoms with van der Waals surface area (Å²) >= 11 is 0.